The molecule has 164 valence electrons. The minimum absolute atomic E-state index is 0.125. The van der Waals surface area contributed by atoms with E-state index in [9.17, 15) is 9.18 Å². The highest BCUT2D eigenvalue weighted by atomic mass is 32.2. The molecule has 0 aliphatic carbocycles. The molecule has 3 heterocycles. The van der Waals surface area contributed by atoms with Gasteiger partial charge in [-0.15, -0.1) is 23.5 Å². The van der Waals surface area contributed by atoms with E-state index in [0.717, 1.165) is 31.0 Å². The van der Waals surface area contributed by atoms with Gasteiger partial charge >= 0.3 is 0 Å². The monoisotopic (exact) mass is 456 g/mol. The molecular formula is C25H29FN2OS2. The molecule has 2 aromatic rings. The van der Waals surface area contributed by atoms with E-state index in [1.807, 2.05) is 18.0 Å². The van der Waals surface area contributed by atoms with Gasteiger partial charge in [0.15, 0.2) is 5.78 Å². The summed E-state index contributed by atoms with van der Waals surface area (Å²) in [5, 5.41) is 0. The Hall–Kier alpha value is -1.50. The molecule has 0 spiro atoms. The molecule has 0 amide bonds. The number of benzene rings is 2. The third-order valence-electron chi connectivity index (χ3n) is 6.92. The van der Waals surface area contributed by atoms with Crippen molar-refractivity contribution in [3.63, 3.8) is 0 Å². The molecule has 0 aromatic heterocycles. The predicted molar refractivity (Wildman–Crippen MR) is 128 cm³/mol. The standard InChI is InChI=1S/C25H29FN2OS2/c1-30-24-15-17(26)8-9-19(24)22(29)6-3-11-27-13-10-21-20(16-27)18-5-2-7-23-25(18)28(21)12-4-14-31-23/h2,5,7-9,15,20-21H,3-4,6,10-14,16H2,1H3/t20-,21-/m0/s1. The quantitative estimate of drug-likeness (QED) is 0.411. The van der Waals surface area contributed by atoms with Crippen LogP contribution in [0.4, 0.5) is 10.1 Å². The van der Waals surface area contributed by atoms with E-state index in [-0.39, 0.29) is 11.6 Å². The summed E-state index contributed by atoms with van der Waals surface area (Å²) in [5.74, 6) is 1.64. The van der Waals surface area contributed by atoms with Crippen LogP contribution in [0.3, 0.4) is 0 Å². The first-order valence-electron chi connectivity index (χ1n) is 11.3. The molecule has 1 fully saturated rings. The minimum atomic E-state index is -0.282. The van der Waals surface area contributed by atoms with E-state index in [0.29, 0.717) is 23.9 Å². The number of anilines is 1. The number of thioether (sulfide) groups is 2. The Bertz CT molecular complexity index is 982. The number of carbonyl (C=O) groups excluding carboxylic acids is 1. The molecular weight excluding hydrogens is 427 g/mol. The minimum Gasteiger partial charge on any atom is -0.367 e. The van der Waals surface area contributed by atoms with E-state index < -0.39 is 0 Å². The lowest BCUT2D eigenvalue weighted by Gasteiger charge is -2.39. The van der Waals surface area contributed by atoms with Crippen LogP contribution in [0.1, 0.15) is 47.5 Å². The molecule has 5 rings (SSSR count). The summed E-state index contributed by atoms with van der Waals surface area (Å²) in [7, 11) is 0. The number of fused-ring (bicyclic) bond motifs is 3. The maximum Gasteiger partial charge on any atom is 0.164 e. The third kappa shape index (κ3) is 4.14. The van der Waals surface area contributed by atoms with Crippen molar-refractivity contribution in [3.8, 4) is 0 Å². The van der Waals surface area contributed by atoms with Crippen LogP contribution in [0.2, 0.25) is 0 Å². The van der Waals surface area contributed by atoms with E-state index in [1.54, 1.807) is 6.07 Å². The summed E-state index contributed by atoms with van der Waals surface area (Å²) < 4.78 is 13.5. The van der Waals surface area contributed by atoms with Crippen LogP contribution in [0.25, 0.3) is 0 Å². The number of nitrogens with zero attached hydrogens (tertiary/aromatic N) is 2. The van der Waals surface area contributed by atoms with Crippen molar-refractivity contribution in [2.45, 2.75) is 47.4 Å². The van der Waals surface area contributed by atoms with Crippen molar-refractivity contribution in [3.05, 3.63) is 53.3 Å². The number of hydrogen-bond acceptors (Lipinski definition) is 5. The molecule has 31 heavy (non-hydrogen) atoms. The lowest BCUT2D eigenvalue weighted by atomic mass is 9.89. The summed E-state index contributed by atoms with van der Waals surface area (Å²) in [4.78, 5) is 20.2. The molecule has 0 N–H and O–H groups in total. The Morgan fingerprint density at radius 2 is 2.16 bits per heavy atom. The van der Waals surface area contributed by atoms with Crippen molar-refractivity contribution < 1.29 is 9.18 Å². The van der Waals surface area contributed by atoms with Gasteiger partial charge in [0.25, 0.3) is 0 Å². The van der Waals surface area contributed by atoms with E-state index in [2.05, 4.69) is 28.0 Å². The second kappa shape index (κ2) is 9.16. The van der Waals surface area contributed by atoms with Crippen LogP contribution < -0.4 is 4.90 Å². The van der Waals surface area contributed by atoms with Gasteiger partial charge in [-0.25, -0.2) is 4.39 Å². The zero-order valence-corrected chi connectivity index (χ0v) is 19.6. The Morgan fingerprint density at radius 1 is 1.26 bits per heavy atom. The van der Waals surface area contributed by atoms with Crippen molar-refractivity contribution in [1.82, 2.24) is 4.90 Å². The third-order valence-corrected chi connectivity index (χ3v) is 8.83. The fourth-order valence-corrected chi connectivity index (χ4v) is 7.18. The van der Waals surface area contributed by atoms with Crippen LogP contribution in [0.15, 0.2) is 46.2 Å². The fraction of sp³-hybridized carbons (Fsp3) is 0.480. The average molecular weight is 457 g/mol. The number of para-hydroxylation sites is 1. The van der Waals surface area contributed by atoms with Crippen molar-refractivity contribution in [2.75, 3.05) is 43.1 Å². The molecule has 0 saturated carbocycles. The van der Waals surface area contributed by atoms with Crippen molar-refractivity contribution in [2.24, 2.45) is 0 Å². The second-order valence-corrected chi connectivity index (χ2v) is 10.7. The normalized spacial score (nSPS) is 22.7. The number of hydrogen-bond donors (Lipinski definition) is 0. The number of rotatable bonds is 6. The lowest BCUT2D eigenvalue weighted by Crippen LogP contribution is -2.46. The summed E-state index contributed by atoms with van der Waals surface area (Å²) >= 11 is 3.45. The first-order chi connectivity index (χ1) is 15.2. The maximum atomic E-state index is 13.5. The molecule has 2 atom stereocenters. The first kappa shape index (κ1) is 21.4. The van der Waals surface area contributed by atoms with Crippen molar-refractivity contribution in [1.29, 1.82) is 0 Å². The fourth-order valence-electron chi connectivity index (χ4n) is 5.51. The Labute approximate surface area is 192 Å². The average Bonchev–Trinajstić information content (AvgIpc) is 2.94. The van der Waals surface area contributed by atoms with Crippen LogP contribution in [0.5, 0.6) is 0 Å². The van der Waals surface area contributed by atoms with Crippen LogP contribution in [0, 0.1) is 5.82 Å². The molecule has 0 radical (unpaired) electrons. The number of carbonyl (C=O) groups is 1. The highest BCUT2D eigenvalue weighted by Gasteiger charge is 2.43. The molecule has 3 nitrogen and oxygen atoms in total. The highest BCUT2D eigenvalue weighted by Crippen LogP contribution is 2.50. The van der Waals surface area contributed by atoms with Gasteiger partial charge in [0.1, 0.15) is 5.82 Å². The molecule has 0 unspecified atom stereocenters. The molecule has 3 aliphatic rings. The summed E-state index contributed by atoms with van der Waals surface area (Å²) in [6, 6.07) is 12.0. The maximum absolute atomic E-state index is 13.5. The number of ketones is 1. The second-order valence-electron chi connectivity index (χ2n) is 8.72. The van der Waals surface area contributed by atoms with Gasteiger partial charge in [0.2, 0.25) is 0 Å². The van der Waals surface area contributed by atoms with Crippen LogP contribution in [-0.4, -0.2) is 54.9 Å². The van der Waals surface area contributed by atoms with Gasteiger partial charge in [0, 0.05) is 53.4 Å². The van der Waals surface area contributed by atoms with E-state index >= 15 is 0 Å². The molecule has 1 saturated heterocycles. The predicted octanol–water partition coefficient (Wildman–Crippen LogP) is 5.68. The largest absolute Gasteiger partial charge is 0.367 e. The lowest BCUT2D eigenvalue weighted by molar-refractivity contribution is 0.0968. The van der Waals surface area contributed by atoms with E-state index in [4.69, 9.17) is 0 Å². The van der Waals surface area contributed by atoms with Crippen LogP contribution in [-0.2, 0) is 0 Å². The van der Waals surface area contributed by atoms with Crippen LogP contribution >= 0.6 is 23.5 Å². The Balaban J connectivity index is 1.22. The zero-order chi connectivity index (χ0) is 21.4. The molecule has 6 heteroatoms. The number of Topliss-reactive ketones (excluding diaryl/α,β-unsaturated/α-hetero) is 1. The smallest absolute Gasteiger partial charge is 0.164 e. The number of piperidine rings is 1. The number of likely N-dealkylation sites (tertiary alicyclic amines) is 1. The van der Waals surface area contributed by atoms with Gasteiger partial charge in [-0.3, -0.25) is 4.79 Å². The zero-order valence-electron chi connectivity index (χ0n) is 18.0. The highest BCUT2D eigenvalue weighted by molar-refractivity contribution is 7.99. The van der Waals surface area contributed by atoms with Gasteiger partial charge < -0.3 is 9.80 Å². The summed E-state index contributed by atoms with van der Waals surface area (Å²) in [6.45, 7) is 4.33. The topological polar surface area (TPSA) is 23.6 Å². The first-order valence-corrected chi connectivity index (χ1v) is 13.5. The van der Waals surface area contributed by atoms with Gasteiger partial charge in [-0.2, -0.15) is 0 Å². The molecule has 3 aliphatic heterocycles. The molecule has 0 bridgehead atoms. The summed E-state index contributed by atoms with van der Waals surface area (Å²) in [5.41, 5.74) is 3.71. The van der Waals surface area contributed by atoms with Crippen molar-refractivity contribution >= 4 is 35.0 Å². The Morgan fingerprint density at radius 3 is 3.03 bits per heavy atom. The van der Waals surface area contributed by atoms with Gasteiger partial charge in [-0.1, -0.05) is 12.1 Å². The van der Waals surface area contributed by atoms with Gasteiger partial charge in [-0.05, 0) is 67.6 Å². The number of halogens is 1. The molecule has 2 aromatic carbocycles. The van der Waals surface area contributed by atoms with E-state index in [1.165, 1.54) is 65.2 Å². The Kier molecular flexibility index (Phi) is 6.31. The summed E-state index contributed by atoms with van der Waals surface area (Å²) in [6.07, 6.45) is 5.73. The SMILES string of the molecule is CSc1cc(F)ccc1C(=O)CCCN1CC[C@H]2[C@@H](C1)c1cccc3c1N2CCCS3. The van der Waals surface area contributed by atoms with Gasteiger partial charge in [0.05, 0.1) is 5.69 Å².